The number of rotatable bonds is 4. The first-order chi connectivity index (χ1) is 8.44. The topological polar surface area (TPSA) is 42.8 Å². The minimum absolute atomic E-state index is 0.256. The maximum Gasteiger partial charge on any atom is 0.179 e. The molecule has 0 spiro atoms. The lowest BCUT2D eigenvalue weighted by molar-refractivity contribution is -0.0220. The zero-order valence-electron chi connectivity index (χ0n) is 11.3. The number of nitrogens with zero attached hydrogens (tertiary/aromatic N) is 2. The summed E-state index contributed by atoms with van der Waals surface area (Å²) < 4.78 is 8.43. The molecule has 0 amide bonds. The molecule has 2 aromatic rings. The maximum atomic E-state index is 5.73. The number of H-pyrrole nitrogens is 1. The van der Waals surface area contributed by atoms with Gasteiger partial charge in [0.05, 0.1) is 17.7 Å². The van der Waals surface area contributed by atoms with Crippen LogP contribution in [0.2, 0.25) is 0 Å². The van der Waals surface area contributed by atoms with Crippen molar-refractivity contribution in [3.8, 4) is 0 Å². The van der Waals surface area contributed by atoms with Gasteiger partial charge in [0.1, 0.15) is 0 Å². The molecule has 18 heavy (non-hydrogen) atoms. The predicted molar refractivity (Wildman–Crippen MR) is 75.4 cm³/mol. The number of aryl methyl sites for hydroxylation is 1. The smallest absolute Gasteiger partial charge is 0.179 e. The number of imidazole rings is 1. The molecule has 0 aliphatic heterocycles. The molecule has 2 aromatic heterocycles. The number of hydrogen-bond acceptors (Lipinski definition) is 3. The molecule has 0 aromatic carbocycles. The Morgan fingerprint density at radius 2 is 2.22 bits per heavy atom. The summed E-state index contributed by atoms with van der Waals surface area (Å²) in [4.78, 5) is 7.64. The van der Waals surface area contributed by atoms with Gasteiger partial charge in [0.2, 0.25) is 0 Å². The van der Waals surface area contributed by atoms with Crippen LogP contribution in [0.15, 0.2) is 12.3 Å². The predicted octanol–water partition coefficient (Wildman–Crippen LogP) is 3.22. The Morgan fingerprint density at radius 1 is 1.50 bits per heavy atom. The Balaban J connectivity index is 2.49. The van der Waals surface area contributed by atoms with Crippen molar-refractivity contribution in [2.24, 2.45) is 0 Å². The summed E-state index contributed by atoms with van der Waals surface area (Å²) in [5.74, 6) is 0. The second-order valence-electron chi connectivity index (χ2n) is 5.04. The third kappa shape index (κ3) is 2.47. The second-order valence-corrected chi connectivity index (χ2v) is 5.42. The fraction of sp³-hybridized carbons (Fsp3) is 0.538. The van der Waals surface area contributed by atoms with E-state index in [2.05, 4.69) is 23.8 Å². The van der Waals surface area contributed by atoms with Gasteiger partial charge in [0, 0.05) is 12.8 Å². The van der Waals surface area contributed by atoms with Crippen molar-refractivity contribution < 1.29 is 4.74 Å². The molecular weight excluding hydrogens is 246 g/mol. The summed E-state index contributed by atoms with van der Waals surface area (Å²) in [7, 11) is 0. The highest BCUT2D eigenvalue weighted by Gasteiger charge is 2.21. The van der Waals surface area contributed by atoms with Gasteiger partial charge in [-0.25, -0.2) is 4.98 Å². The molecule has 98 valence electrons. The second kappa shape index (κ2) is 4.82. The van der Waals surface area contributed by atoms with Crippen LogP contribution in [0, 0.1) is 11.7 Å². The van der Waals surface area contributed by atoms with Crippen molar-refractivity contribution in [3.05, 3.63) is 22.6 Å². The number of fused-ring (bicyclic) bond motifs is 1. The van der Waals surface area contributed by atoms with Gasteiger partial charge in [0.25, 0.3) is 0 Å². The van der Waals surface area contributed by atoms with E-state index in [1.165, 1.54) is 0 Å². The molecule has 1 N–H and O–H groups in total. The Morgan fingerprint density at radius 3 is 2.89 bits per heavy atom. The summed E-state index contributed by atoms with van der Waals surface area (Å²) in [5.41, 5.74) is 2.80. The zero-order chi connectivity index (χ0) is 13.3. The molecule has 0 fully saturated rings. The van der Waals surface area contributed by atoms with Crippen LogP contribution >= 0.6 is 12.2 Å². The summed E-state index contributed by atoms with van der Waals surface area (Å²) >= 11 is 5.38. The molecule has 0 saturated heterocycles. The van der Waals surface area contributed by atoms with E-state index in [0.717, 1.165) is 16.7 Å². The van der Waals surface area contributed by atoms with Crippen molar-refractivity contribution in [2.45, 2.75) is 39.8 Å². The van der Waals surface area contributed by atoms with E-state index in [0.29, 0.717) is 17.9 Å². The quantitative estimate of drug-likeness (QED) is 0.863. The van der Waals surface area contributed by atoms with Crippen molar-refractivity contribution in [3.63, 3.8) is 0 Å². The largest absolute Gasteiger partial charge is 0.374 e. The highest BCUT2D eigenvalue weighted by atomic mass is 32.1. The lowest BCUT2D eigenvalue weighted by Gasteiger charge is -2.25. The van der Waals surface area contributed by atoms with Gasteiger partial charge in [-0.3, -0.25) is 4.57 Å². The third-order valence-electron chi connectivity index (χ3n) is 2.95. The van der Waals surface area contributed by atoms with Crippen LogP contribution in [0.4, 0.5) is 0 Å². The first-order valence-corrected chi connectivity index (χ1v) is 6.53. The van der Waals surface area contributed by atoms with E-state index >= 15 is 0 Å². The molecule has 5 heteroatoms. The molecular formula is C13H19N3OS. The zero-order valence-corrected chi connectivity index (χ0v) is 12.1. The normalized spacial score (nSPS) is 12.2. The number of ether oxygens (including phenoxy) is 1. The molecule has 0 atom stereocenters. The van der Waals surface area contributed by atoms with Gasteiger partial charge in [0.15, 0.2) is 10.4 Å². The molecule has 0 radical (unpaired) electrons. The van der Waals surface area contributed by atoms with Crippen LogP contribution in [0.25, 0.3) is 11.2 Å². The van der Waals surface area contributed by atoms with Crippen molar-refractivity contribution in [2.75, 3.05) is 6.61 Å². The van der Waals surface area contributed by atoms with Crippen LogP contribution in [0.1, 0.15) is 26.3 Å². The summed E-state index contributed by atoms with van der Waals surface area (Å²) in [6, 6.07) is 1.98. The van der Waals surface area contributed by atoms with Gasteiger partial charge < -0.3 is 9.72 Å². The Kier molecular flexibility index (Phi) is 3.54. The van der Waals surface area contributed by atoms with E-state index in [1.54, 1.807) is 0 Å². The number of aromatic amines is 1. The molecule has 0 unspecified atom stereocenters. The number of nitrogens with one attached hydrogen (secondary N) is 1. The number of pyridine rings is 1. The molecule has 4 nitrogen and oxygen atoms in total. The van der Waals surface area contributed by atoms with Gasteiger partial charge in [-0.2, -0.15) is 0 Å². The lowest BCUT2D eigenvalue weighted by atomic mass is 10.1. The summed E-state index contributed by atoms with van der Waals surface area (Å²) in [6.07, 6.45) is 1.81. The highest BCUT2D eigenvalue weighted by Crippen LogP contribution is 2.19. The Labute approximate surface area is 112 Å². The fourth-order valence-corrected chi connectivity index (χ4v) is 2.39. The van der Waals surface area contributed by atoms with Gasteiger partial charge in [-0.15, -0.1) is 0 Å². The molecule has 0 saturated carbocycles. The molecule has 2 rings (SSSR count). The van der Waals surface area contributed by atoms with Crippen LogP contribution in [0.5, 0.6) is 0 Å². The first kappa shape index (κ1) is 13.2. The molecule has 0 aliphatic rings. The average molecular weight is 265 g/mol. The molecule has 0 bridgehead atoms. The van der Waals surface area contributed by atoms with Crippen molar-refractivity contribution in [1.29, 1.82) is 0 Å². The van der Waals surface area contributed by atoms with E-state index in [4.69, 9.17) is 17.0 Å². The van der Waals surface area contributed by atoms with Crippen LogP contribution in [-0.4, -0.2) is 26.7 Å². The van der Waals surface area contributed by atoms with Crippen LogP contribution in [0.3, 0.4) is 0 Å². The molecule has 0 aliphatic carbocycles. The van der Waals surface area contributed by atoms with E-state index in [1.807, 2.05) is 30.7 Å². The van der Waals surface area contributed by atoms with E-state index in [9.17, 15) is 0 Å². The number of aromatic nitrogens is 3. The van der Waals surface area contributed by atoms with Gasteiger partial charge in [-0.1, -0.05) is 0 Å². The van der Waals surface area contributed by atoms with Crippen LogP contribution < -0.4 is 0 Å². The minimum atomic E-state index is -0.256. The Bertz CT molecular complexity index is 612. The SMILES string of the molecule is CCOC(C)(C)Cn1c(=S)[nH]c2c(C)ccnc21. The monoisotopic (exact) mass is 265 g/mol. The highest BCUT2D eigenvalue weighted by molar-refractivity contribution is 7.71. The molecule has 2 heterocycles. The van der Waals surface area contributed by atoms with Gasteiger partial charge >= 0.3 is 0 Å². The van der Waals surface area contributed by atoms with Crippen molar-refractivity contribution in [1.82, 2.24) is 14.5 Å². The third-order valence-corrected chi connectivity index (χ3v) is 3.27. The first-order valence-electron chi connectivity index (χ1n) is 6.12. The average Bonchev–Trinajstić information content (AvgIpc) is 2.57. The summed E-state index contributed by atoms with van der Waals surface area (Å²) in [6.45, 7) is 9.55. The standard InChI is InChI=1S/C13H19N3OS/c1-5-17-13(3,4)8-16-11-10(15-12(16)18)9(2)6-7-14-11/h6-7H,5,8H2,1-4H3,(H,15,18). The number of hydrogen-bond donors (Lipinski definition) is 1. The van der Waals surface area contributed by atoms with E-state index < -0.39 is 0 Å². The van der Waals surface area contributed by atoms with Gasteiger partial charge in [-0.05, 0) is 51.5 Å². The lowest BCUT2D eigenvalue weighted by Crippen LogP contribution is -2.30. The summed E-state index contributed by atoms with van der Waals surface area (Å²) in [5, 5.41) is 0. The fourth-order valence-electron chi connectivity index (χ4n) is 2.14. The van der Waals surface area contributed by atoms with Crippen LogP contribution in [-0.2, 0) is 11.3 Å². The maximum absolute atomic E-state index is 5.73. The minimum Gasteiger partial charge on any atom is -0.374 e. The van der Waals surface area contributed by atoms with Crippen molar-refractivity contribution >= 4 is 23.4 Å². The van der Waals surface area contributed by atoms with E-state index in [-0.39, 0.29) is 5.60 Å². The Hall–Kier alpha value is -1.20.